The van der Waals surface area contributed by atoms with E-state index in [2.05, 4.69) is 9.82 Å². The number of aromatic nitrogens is 2. The van der Waals surface area contributed by atoms with Crippen molar-refractivity contribution in [3.8, 4) is 11.3 Å². The van der Waals surface area contributed by atoms with Crippen molar-refractivity contribution < 1.29 is 8.42 Å². The van der Waals surface area contributed by atoms with Gasteiger partial charge >= 0.3 is 0 Å². The Morgan fingerprint density at radius 1 is 1.07 bits per heavy atom. The second-order valence-corrected chi connectivity index (χ2v) is 14.2. The molecule has 3 fully saturated rings. The van der Waals surface area contributed by atoms with Crippen LogP contribution in [0.2, 0.25) is 10.0 Å². The molecule has 2 aromatic rings. The predicted molar refractivity (Wildman–Crippen MR) is 171 cm³/mol. The minimum Gasteiger partial charge on any atom is -0.370 e. The highest BCUT2D eigenvalue weighted by Gasteiger charge is 2.31. The van der Waals surface area contributed by atoms with Crippen molar-refractivity contribution in [3.63, 3.8) is 0 Å². The molecule has 0 radical (unpaired) electrons. The van der Waals surface area contributed by atoms with Gasteiger partial charge in [0.05, 0.1) is 15.7 Å². The van der Waals surface area contributed by atoms with Gasteiger partial charge in [-0.15, -0.1) is 0 Å². The minimum atomic E-state index is -3.55. The molecular weight excluding hydrogens is 595 g/mol. The number of guanidine groups is 1. The number of piperidine rings is 1. The lowest BCUT2D eigenvalue weighted by molar-refractivity contribution is 0.307. The lowest BCUT2D eigenvalue weighted by Gasteiger charge is -2.31. The Labute approximate surface area is 260 Å². The second kappa shape index (κ2) is 15.2. The van der Waals surface area contributed by atoms with Crippen molar-refractivity contribution in [2.24, 2.45) is 24.4 Å². The number of likely N-dealkylation sites (tertiary alicyclic amines) is 1. The molecule has 1 aliphatic carbocycles. The lowest BCUT2D eigenvalue weighted by atomic mass is 9.94. The first-order valence-electron chi connectivity index (χ1n) is 15.1. The van der Waals surface area contributed by atoms with Gasteiger partial charge in [0, 0.05) is 56.4 Å². The molecule has 0 unspecified atom stereocenters. The summed E-state index contributed by atoms with van der Waals surface area (Å²) in [7, 11) is -1.65. The van der Waals surface area contributed by atoms with Crippen molar-refractivity contribution in [1.82, 2.24) is 23.7 Å². The molecule has 5 rings (SSSR count). The fourth-order valence-electron chi connectivity index (χ4n) is 6.52. The lowest BCUT2D eigenvalue weighted by Crippen LogP contribution is -2.46. The van der Waals surface area contributed by atoms with Gasteiger partial charge in [0.2, 0.25) is 0 Å². The molecule has 1 aromatic carbocycles. The van der Waals surface area contributed by atoms with Crippen LogP contribution in [0.5, 0.6) is 0 Å². The summed E-state index contributed by atoms with van der Waals surface area (Å²) in [6, 6.07) is 7.63. The Kier molecular flexibility index (Phi) is 12.0. The minimum absolute atomic E-state index is 0.0587. The largest absolute Gasteiger partial charge is 0.370 e. The van der Waals surface area contributed by atoms with E-state index in [4.69, 9.17) is 40.1 Å². The number of benzene rings is 1. The average Bonchev–Trinajstić information content (AvgIpc) is 3.73. The second-order valence-electron chi connectivity index (χ2n) is 11.6. The van der Waals surface area contributed by atoms with Crippen LogP contribution in [0.25, 0.3) is 11.3 Å². The van der Waals surface area contributed by atoms with Gasteiger partial charge in [0.1, 0.15) is 0 Å². The van der Waals surface area contributed by atoms with E-state index in [1.807, 2.05) is 34.8 Å². The maximum Gasteiger partial charge on any atom is 0.279 e. The van der Waals surface area contributed by atoms with Crippen molar-refractivity contribution in [2.45, 2.75) is 76.2 Å². The highest BCUT2D eigenvalue weighted by atomic mass is 35.5. The molecule has 2 aliphatic heterocycles. The molecule has 3 heterocycles. The van der Waals surface area contributed by atoms with Crippen LogP contribution in [0, 0.1) is 11.3 Å². The van der Waals surface area contributed by atoms with E-state index in [0.717, 1.165) is 48.8 Å². The zero-order chi connectivity index (χ0) is 30.3. The third kappa shape index (κ3) is 8.39. The van der Waals surface area contributed by atoms with E-state index in [-0.39, 0.29) is 17.9 Å². The maximum absolute atomic E-state index is 12.8. The standard InChI is InChI=1S/C22H31Cl2N7O2S.C7H15N/c1-29-20(14-19(28-29)17-5-2-6-18(23)21(17)24)15-8-12-30(13-9-15)34(32,33)27-10-7-16-4-3-11-31(16)22(25)26;8-6-5-7-3-1-2-4-7/h2,5-6,14-16,27H,3-4,7-13H2,1H3,(H3,25,26);7H,1-6,8H2/t16-;/m0./s1. The predicted octanol–water partition coefficient (Wildman–Crippen LogP) is 4.68. The summed E-state index contributed by atoms with van der Waals surface area (Å²) in [6.07, 6.45) is 11.0. The topological polar surface area (TPSA) is 146 Å². The van der Waals surface area contributed by atoms with Gasteiger partial charge in [-0.1, -0.05) is 61.0 Å². The molecular formula is C29H46Cl2N8O2S. The Balaban J connectivity index is 0.000000437. The molecule has 42 heavy (non-hydrogen) atoms. The SMILES string of the molecule is Cn1nc(-c2cccc(Cl)c2Cl)cc1C1CCN(S(=O)(=O)NCC[C@@H]2CCCN2C(=N)N)CC1.NCCC1CCCC1. The van der Waals surface area contributed by atoms with E-state index in [1.54, 1.807) is 6.07 Å². The Hall–Kier alpha value is -1.89. The van der Waals surface area contributed by atoms with Gasteiger partial charge in [0.25, 0.3) is 10.2 Å². The Morgan fingerprint density at radius 3 is 2.45 bits per heavy atom. The monoisotopic (exact) mass is 640 g/mol. The normalized spacial score (nSPS) is 20.6. The fourth-order valence-corrected chi connectivity index (χ4v) is 8.17. The summed E-state index contributed by atoms with van der Waals surface area (Å²) in [5.41, 5.74) is 13.6. The summed E-state index contributed by atoms with van der Waals surface area (Å²) in [6.45, 7) is 2.88. The van der Waals surface area contributed by atoms with Gasteiger partial charge in [-0.3, -0.25) is 10.1 Å². The third-order valence-corrected chi connectivity index (χ3v) is 11.3. The molecule has 234 valence electrons. The van der Waals surface area contributed by atoms with Gasteiger partial charge in [-0.2, -0.15) is 17.8 Å². The van der Waals surface area contributed by atoms with Crippen molar-refractivity contribution in [1.29, 1.82) is 5.41 Å². The first-order valence-corrected chi connectivity index (χ1v) is 17.3. The third-order valence-electron chi connectivity index (χ3n) is 8.85. The number of halogens is 2. The Bertz CT molecular complexity index is 1290. The molecule has 1 saturated carbocycles. The summed E-state index contributed by atoms with van der Waals surface area (Å²) in [5.74, 6) is 1.25. The van der Waals surface area contributed by atoms with E-state index < -0.39 is 10.2 Å². The van der Waals surface area contributed by atoms with E-state index in [9.17, 15) is 8.42 Å². The van der Waals surface area contributed by atoms with Gasteiger partial charge in [-0.25, -0.2) is 4.72 Å². The quantitative estimate of drug-likeness (QED) is 0.231. The highest BCUT2D eigenvalue weighted by Crippen LogP contribution is 2.36. The maximum atomic E-state index is 12.8. The van der Waals surface area contributed by atoms with E-state index in [1.165, 1.54) is 36.4 Å². The van der Waals surface area contributed by atoms with Crippen molar-refractivity contribution in [2.75, 3.05) is 32.7 Å². The van der Waals surface area contributed by atoms with Crippen LogP contribution in [0.3, 0.4) is 0 Å². The molecule has 1 aromatic heterocycles. The van der Waals surface area contributed by atoms with Gasteiger partial charge in [0.15, 0.2) is 5.96 Å². The van der Waals surface area contributed by atoms with Gasteiger partial charge in [-0.05, 0) is 63.1 Å². The van der Waals surface area contributed by atoms with Crippen LogP contribution in [0.1, 0.15) is 75.8 Å². The molecule has 13 heteroatoms. The smallest absolute Gasteiger partial charge is 0.279 e. The van der Waals surface area contributed by atoms with Crippen LogP contribution in [-0.4, -0.2) is 72.1 Å². The summed E-state index contributed by atoms with van der Waals surface area (Å²) in [5, 5.41) is 13.2. The summed E-state index contributed by atoms with van der Waals surface area (Å²) < 4.78 is 31.8. The fraction of sp³-hybridized carbons (Fsp3) is 0.655. The molecule has 0 spiro atoms. The van der Waals surface area contributed by atoms with Crippen molar-refractivity contribution in [3.05, 3.63) is 40.0 Å². The average molecular weight is 642 g/mol. The first kappa shape index (κ1) is 33.0. The van der Waals surface area contributed by atoms with Crippen LogP contribution < -0.4 is 16.2 Å². The number of rotatable bonds is 9. The Morgan fingerprint density at radius 2 is 1.79 bits per heavy atom. The zero-order valence-electron chi connectivity index (χ0n) is 24.6. The molecule has 0 amide bonds. The van der Waals surface area contributed by atoms with E-state index >= 15 is 0 Å². The molecule has 0 bridgehead atoms. The van der Waals surface area contributed by atoms with Crippen LogP contribution in [0.15, 0.2) is 24.3 Å². The number of nitrogens with two attached hydrogens (primary N) is 2. The number of aryl methyl sites for hydroxylation is 1. The van der Waals surface area contributed by atoms with Gasteiger partial charge < -0.3 is 16.4 Å². The summed E-state index contributed by atoms with van der Waals surface area (Å²) >= 11 is 12.5. The molecule has 3 aliphatic rings. The van der Waals surface area contributed by atoms with E-state index in [0.29, 0.717) is 48.9 Å². The molecule has 10 nitrogen and oxygen atoms in total. The molecule has 2 saturated heterocycles. The number of nitrogens with one attached hydrogen (secondary N) is 2. The van der Waals surface area contributed by atoms with Crippen LogP contribution in [0.4, 0.5) is 0 Å². The zero-order valence-corrected chi connectivity index (χ0v) is 26.9. The highest BCUT2D eigenvalue weighted by molar-refractivity contribution is 7.87. The molecule has 6 N–H and O–H groups in total. The number of hydrogen-bond acceptors (Lipinski definition) is 5. The molecule has 1 atom stereocenters. The number of hydrogen-bond donors (Lipinski definition) is 4. The summed E-state index contributed by atoms with van der Waals surface area (Å²) in [4.78, 5) is 1.85. The van der Waals surface area contributed by atoms with Crippen molar-refractivity contribution >= 4 is 39.4 Å². The van der Waals surface area contributed by atoms with Crippen LogP contribution >= 0.6 is 23.2 Å². The number of nitrogens with zero attached hydrogens (tertiary/aromatic N) is 4. The van der Waals surface area contributed by atoms with Crippen LogP contribution in [-0.2, 0) is 17.3 Å². The first-order chi connectivity index (χ1) is 20.1.